The first-order valence-corrected chi connectivity index (χ1v) is 9.10. The van der Waals surface area contributed by atoms with Gasteiger partial charge in [0.05, 0.1) is 6.61 Å². The molecule has 3 amide bonds. The predicted molar refractivity (Wildman–Crippen MR) is 102 cm³/mol. The Balaban J connectivity index is 1.78. The number of urea groups is 1. The van der Waals surface area contributed by atoms with Crippen molar-refractivity contribution in [2.24, 2.45) is 0 Å². The summed E-state index contributed by atoms with van der Waals surface area (Å²) in [4.78, 5) is 29.5. The van der Waals surface area contributed by atoms with Crippen LogP contribution < -0.4 is 10.2 Å². The molecule has 2 rings (SSSR count). The molecule has 1 aromatic carbocycles. The lowest BCUT2D eigenvalue weighted by Gasteiger charge is -2.32. The van der Waals surface area contributed by atoms with Gasteiger partial charge in [-0.15, -0.1) is 0 Å². The molecule has 7 heteroatoms. The molecule has 0 aromatic heterocycles. The van der Waals surface area contributed by atoms with Crippen molar-refractivity contribution < 1.29 is 14.3 Å². The van der Waals surface area contributed by atoms with Crippen LogP contribution in [-0.2, 0) is 11.3 Å². The van der Waals surface area contributed by atoms with Crippen LogP contribution in [0.5, 0.6) is 0 Å². The van der Waals surface area contributed by atoms with Crippen LogP contribution in [-0.4, -0.2) is 68.8 Å². The fourth-order valence-corrected chi connectivity index (χ4v) is 2.95. The van der Waals surface area contributed by atoms with Crippen molar-refractivity contribution in [1.29, 1.82) is 0 Å². The lowest BCUT2D eigenvalue weighted by molar-refractivity contribution is 0.0952. The molecule has 1 aromatic rings. The number of hydrogen-bond donors (Lipinski definition) is 1. The summed E-state index contributed by atoms with van der Waals surface area (Å²) in [6.07, 6.45) is 1.22. The van der Waals surface area contributed by atoms with Gasteiger partial charge in [-0.3, -0.25) is 0 Å². The van der Waals surface area contributed by atoms with E-state index in [4.69, 9.17) is 4.74 Å². The molecule has 1 N–H and O–H groups in total. The van der Waals surface area contributed by atoms with Crippen LogP contribution in [0.25, 0.3) is 0 Å². The summed E-state index contributed by atoms with van der Waals surface area (Å²) < 4.78 is 5.01. The summed E-state index contributed by atoms with van der Waals surface area (Å²) in [6.45, 7) is 3.96. The van der Waals surface area contributed by atoms with Crippen molar-refractivity contribution in [2.75, 3.05) is 45.7 Å². The van der Waals surface area contributed by atoms with E-state index in [1.165, 1.54) is 0 Å². The van der Waals surface area contributed by atoms with E-state index in [0.717, 1.165) is 24.1 Å². The summed E-state index contributed by atoms with van der Waals surface area (Å²) >= 11 is 0. The number of nitrogens with one attached hydrogen (secondary N) is 1. The van der Waals surface area contributed by atoms with Crippen molar-refractivity contribution in [2.45, 2.75) is 32.4 Å². The largest absolute Gasteiger partial charge is 0.450 e. The van der Waals surface area contributed by atoms with E-state index < -0.39 is 0 Å². The number of hydrogen-bond acceptors (Lipinski definition) is 4. The summed E-state index contributed by atoms with van der Waals surface area (Å²) in [6, 6.07) is 8.18. The van der Waals surface area contributed by atoms with Crippen LogP contribution in [0.4, 0.5) is 15.3 Å². The molecule has 0 aliphatic carbocycles. The highest BCUT2D eigenvalue weighted by atomic mass is 16.6. The molecule has 1 fully saturated rings. The molecule has 1 aliphatic heterocycles. The van der Waals surface area contributed by atoms with Crippen molar-refractivity contribution in [3.63, 3.8) is 0 Å². The summed E-state index contributed by atoms with van der Waals surface area (Å²) in [5.41, 5.74) is 2.22. The Morgan fingerprint density at radius 2 is 1.77 bits per heavy atom. The van der Waals surface area contributed by atoms with E-state index in [1.54, 1.807) is 23.8 Å². The molecule has 1 heterocycles. The molecular weight excluding hydrogens is 332 g/mol. The SMILES string of the molecule is CCOC(=O)N1CCC(NC(=O)N(C)Cc2ccc(N(C)C)cc2)CC1. The molecule has 1 aliphatic rings. The molecule has 1 saturated heterocycles. The second-order valence-electron chi connectivity index (χ2n) is 6.83. The van der Waals surface area contributed by atoms with Gasteiger partial charge in [-0.05, 0) is 37.5 Å². The average Bonchev–Trinajstić information content (AvgIpc) is 2.63. The van der Waals surface area contributed by atoms with Gasteiger partial charge in [0.25, 0.3) is 0 Å². The number of piperidine rings is 1. The lowest BCUT2D eigenvalue weighted by atomic mass is 10.1. The molecule has 26 heavy (non-hydrogen) atoms. The quantitative estimate of drug-likeness (QED) is 0.874. The van der Waals surface area contributed by atoms with Crippen LogP contribution in [0.1, 0.15) is 25.3 Å². The molecule has 0 bridgehead atoms. The van der Waals surface area contributed by atoms with Gasteiger partial charge in [0, 0.05) is 52.5 Å². The number of carbonyl (C=O) groups is 2. The minimum atomic E-state index is -0.268. The third kappa shape index (κ3) is 5.54. The Kier molecular flexibility index (Phi) is 7.12. The lowest BCUT2D eigenvalue weighted by Crippen LogP contribution is -2.49. The van der Waals surface area contributed by atoms with Gasteiger partial charge in [0.15, 0.2) is 0 Å². The van der Waals surface area contributed by atoms with Crippen molar-refractivity contribution >= 4 is 17.8 Å². The standard InChI is InChI=1S/C19H30N4O3/c1-5-26-19(25)23-12-10-16(11-13-23)20-18(24)22(4)14-15-6-8-17(9-7-15)21(2)3/h6-9,16H,5,10-14H2,1-4H3,(H,20,24). The molecule has 7 nitrogen and oxygen atoms in total. The van der Waals surface area contributed by atoms with Crippen molar-refractivity contribution in [3.8, 4) is 0 Å². The molecule has 0 radical (unpaired) electrons. The maximum atomic E-state index is 12.4. The van der Waals surface area contributed by atoms with Gasteiger partial charge in [0.1, 0.15) is 0 Å². The Hall–Kier alpha value is -2.44. The maximum absolute atomic E-state index is 12.4. The summed E-state index contributed by atoms with van der Waals surface area (Å²) in [5.74, 6) is 0. The first-order chi connectivity index (χ1) is 12.4. The number of nitrogens with zero attached hydrogens (tertiary/aromatic N) is 3. The maximum Gasteiger partial charge on any atom is 0.409 e. The average molecular weight is 362 g/mol. The number of benzene rings is 1. The second-order valence-corrected chi connectivity index (χ2v) is 6.83. The molecule has 0 atom stereocenters. The number of carbonyl (C=O) groups excluding carboxylic acids is 2. The number of likely N-dealkylation sites (tertiary alicyclic amines) is 1. The zero-order chi connectivity index (χ0) is 19.1. The van der Waals surface area contributed by atoms with Crippen LogP contribution in [0.3, 0.4) is 0 Å². The highest BCUT2D eigenvalue weighted by Gasteiger charge is 2.25. The monoisotopic (exact) mass is 362 g/mol. The van der Waals surface area contributed by atoms with Crippen LogP contribution in [0, 0.1) is 0 Å². The van der Waals surface area contributed by atoms with Gasteiger partial charge in [0.2, 0.25) is 0 Å². The second kappa shape index (κ2) is 9.31. The Morgan fingerprint density at radius 1 is 1.15 bits per heavy atom. The third-order valence-corrected chi connectivity index (χ3v) is 4.57. The first-order valence-electron chi connectivity index (χ1n) is 9.10. The smallest absolute Gasteiger partial charge is 0.409 e. The zero-order valence-electron chi connectivity index (χ0n) is 16.2. The molecule has 0 spiro atoms. The van der Waals surface area contributed by atoms with Crippen molar-refractivity contribution in [1.82, 2.24) is 15.1 Å². The van der Waals surface area contributed by atoms with Gasteiger partial charge in [-0.25, -0.2) is 9.59 Å². The molecule has 0 saturated carbocycles. The normalized spacial score (nSPS) is 14.7. The van der Waals surface area contributed by atoms with Crippen LogP contribution >= 0.6 is 0 Å². The Bertz CT molecular complexity index is 595. The van der Waals surface area contributed by atoms with Gasteiger partial charge < -0.3 is 24.8 Å². The van der Waals surface area contributed by atoms with Gasteiger partial charge in [-0.1, -0.05) is 12.1 Å². The fourth-order valence-electron chi connectivity index (χ4n) is 2.95. The third-order valence-electron chi connectivity index (χ3n) is 4.57. The predicted octanol–water partition coefficient (Wildman–Crippen LogP) is 2.51. The number of ether oxygens (including phenoxy) is 1. The Morgan fingerprint density at radius 3 is 2.31 bits per heavy atom. The van der Waals surface area contributed by atoms with Gasteiger partial charge in [-0.2, -0.15) is 0 Å². The Labute approximate surface area is 155 Å². The van der Waals surface area contributed by atoms with E-state index >= 15 is 0 Å². The fraction of sp³-hybridized carbons (Fsp3) is 0.579. The number of anilines is 1. The topological polar surface area (TPSA) is 65.1 Å². The minimum absolute atomic E-state index is 0.0868. The molecular formula is C19H30N4O3. The minimum Gasteiger partial charge on any atom is -0.450 e. The van der Waals surface area contributed by atoms with Crippen LogP contribution in [0.2, 0.25) is 0 Å². The molecule has 144 valence electrons. The number of rotatable bonds is 5. The summed E-state index contributed by atoms with van der Waals surface area (Å²) in [7, 11) is 5.80. The van der Waals surface area contributed by atoms with Gasteiger partial charge >= 0.3 is 12.1 Å². The van der Waals surface area contributed by atoms with Crippen molar-refractivity contribution in [3.05, 3.63) is 29.8 Å². The van der Waals surface area contributed by atoms with E-state index in [1.807, 2.05) is 43.3 Å². The zero-order valence-corrected chi connectivity index (χ0v) is 16.2. The highest BCUT2D eigenvalue weighted by Crippen LogP contribution is 2.14. The first kappa shape index (κ1) is 19.9. The van der Waals surface area contributed by atoms with Crippen LogP contribution in [0.15, 0.2) is 24.3 Å². The summed E-state index contributed by atoms with van der Waals surface area (Å²) in [5, 5.41) is 3.06. The molecule has 0 unspecified atom stereocenters. The number of amides is 3. The van der Waals surface area contributed by atoms with E-state index in [2.05, 4.69) is 5.32 Å². The van der Waals surface area contributed by atoms with E-state index in [-0.39, 0.29) is 18.2 Å². The highest BCUT2D eigenvalue weighted by molar-refractivity contribution is 5.74. The van der Waals surface area contributed by atoms with E-state index in [9.17, 15) is 9.59 Å². The van der Waals surface area contributed by atoms with E-state index in [0.29, 0.717) is 26.2 Å².